The van der Waals surface area contributed by atoms with Crippen molar-refractivity contribution in [3.8, 4) is 5.75 Å². The van der Waals surface area contributed by atoms with E-state index in [2.05, 4.69) is 15.2 Å². The van der Waals surface area contributed by atoms with Gasteiger partial charge in [-0.25, -0.2) is 4.98 Å². The zero-order valence-corrected chi connectivity index (χ0v) is 13.8. The number of ether oxygens (including phenoxy) is 1. The van der Waals surface area contributed by atoms with E-state index in [1.54, 1.807) is 14.2 Å². The number of rotatable bonds is 5. The lowest BCUT2D eigenvalue weighted by Crippen LogP contribution is -2.34. The highest BCUT2D eigenvalue weighted by atomic mass is 16.5. The molecule has 0 fully saturated rings. The molecule has 0 bridgehead atoms. The van der Waals surface area contributed by atoms with Gasteiger partial charge in [0.05, 0.1) is 13.0 Å². The van der Waals surface area contributed by atoms with Crippen LogP contribution in [0.5, 0.6) is 5.75 Å². The van der Waals surface area contributed by atoms with Crippen LogP contribution >= 0.6 is 0 Å². The summed E-state index contributed by atoms with van der Waals surface area (Å²) in [7, 11) is 5.30. The van der Waals surface area contributed by atoms with Crippen molar-refractivity contribution in [3.05, 3.63) is 30.0 Å². The molecule has 5 heteroatoms. The third-order valence-electron chi connectivity index (χ3n) is 3.78. The van der Waals surface area contributed by atoms with Crippen LogP contribution in [0.15, 0.2) is 24.3 Å². The monoisotopic (exact) mass is 301 g/mol. The number of carbonyl (C=O) groups excluding carboxylic acids is 1. The van der Waals surface area contributed by atoms with E-state index in [1.807, 2.05) is 45.2 Å². The molecule has 1 unspecified atom stereocenters. The fourth-order valence-corrected chi connectivity index (χ4v) is 2.65. The quantitative estimate of drug-likeness (QED) is 0.921. The van der Waals surface area contributed by atoms with Gasteiger partial charge in [-0.2, -0.15) is 0 Å². The number of nitrogens with one attached hydrogen (secondary N) is 1. The maximum atomic E-state index is 11.7. The average Bonchev–Trinajstić information content (AvgIpc) is 2.52. The van der Waals surface area contributed by atoms with Crippen LogP contribution in [-0.2, 0) is 4.79 Å². The molecule has 1 aromatic carbocycles. The molecular weight excluding hydrogens is 278 g/mol. The van der Waals surface area contributed by atoms with Gasteiger partial charge in [-0.15, -0.1) is 0 Å². The highest BCUT2D eigenvalue weighted by molar-refractivity contribution is 5.95. The molecule has 0 aliphatic rings. The molecule has 1 N–H and O–H groups in total. The Morgan fingerprint density at radius 2 is 2.18 bits per heavy atom. The topological polar surface area (TPSA) is 54.5 Å². The molecule has 2 rings (SSSR count). The predicted molar refractivity (Wildman–Crippen MR) is 89.5 cm³/mol. The van der Waals surface area contributed by atoms with Gasteiger partial charge in [0.1, 0.15) is 11.3 Å². The third kappa shape index (κ3) is 3.13. The Balaban J connectivity index is 2.44. The summed E-state index contributed by atoms with van der Waals surface area (Å²) in [6, 6.07) is 7.93. The number of carbonyl (C=O) groups is 1. The van der Waals surface area contributed by atoms with Crippen molar-refractivity contribution in [1.29, 1.82) is 0 Å². The van der Waals surface area contributed by atoms with Gasteiger partial charge in [0.25, 0.3) is 0 Å². The van der Waals surface area contributed by atoms with E-state index in [9.17, 15) is 4.79 Å². The Kier molecular flexibility index (Phi) is 4.85. The fraction of sp³-hybridized carbons (Fsp3) is 0.412. The number of benzene rings is 1. The zero-order chi connectivity index (χ0) is 16.3. The summed E-state index contributed by atoms with van der Waals surface area (Å²) in [5.41, 5.74) is 2.82. The Morgan fingerprint density at radius 1 is 1.45 bits per heavy atom. The summed E-state index contributed by atoms with van der Waals surface area (Å²) < 4.78 is 5.41. The first-order valence-corrected chi connectivity index (χ1v) is 7.35. The van der Waals surface area contributed by atoms with Gasteiger partial charge < -0.3 is 15.0 Å². The lowest BCUT2D eigenvalue weighted by Gasteiger charge is -2.24. The smallest absolute Gasteiger partial charge is 0.224 e. The van der Waals surface area contributed by atoms with E-state index in [-0.39, 0.29) is 11.8 Å². The number of methoxy groups -OCH3 is 1. The van der Waals surface area contributed by atoms with E-state index in [0.29, 0.717) is 6.54 Å². The van der Waals surface area contributed by atoms with Crippen LogP contribution < -0.4 is 15.0 Å². The predicted octanol–water partition coefficient (Wildman–Crippen LogP) is 2.37. The largest absolute Gasteiger partial charge is 0.494 e. The van der Waals surface area contributed by atoms with Crippen molar-refractivity contribution in [2.24, 2.45) is 5.92 Å². The first kappa shape index (κ1) is 16.1. The van der Waals surface area contributed by atoms with Gasteiger partial charge in [0, 0.05) is 37.4 Å². The highest BCUT2D eigenvalue weighted by Gasteiger charge is 2.17. The molecule has 1 amide bonds. The number of nitrogens with zero attached hydrogens (tertiary/aromatic N) is 2. The Hall–Kier alpha value is -2.30. The molecule has 0 saturated carbocycles. The number of hydrogen-bond donors (Lipinski definition) is 1. The SMILES string of the molecule is CNC(=O)C(C)CN(C)c1cc(C)nc2c(OC)cccc12. The lowest BCUT2D eigenvalue weighted by atomic mass is 10.1. The summed E-state index contributed by atoms with van der Waals surface area (Å²) in [5.74, 6) is 0.707. The van der Waals surface area contributed by atoms with Gasteiger partial charge in [-0.1, -0.05) is 19.1 Å². The second-order valence-electron chi connectivity index (χ2n) is 5.54. The van der Waals surface area contributed by atoms with Crippen molar-refractivity contribution in [3.63, 3.8) is 0 Å². The van der Waals surface area contributed by atoms with E-state index in [4.69, 9.17) is 4.74 Å². The average molecular weight is 301 g/mol. The molecule has 118 valence electrons. The summed E-state index contributed by atoms with van der Waals surface area (Å²) in [6.45, 7) is 4.52. The maximum absolute atomic E-state index is 11.7. The summed E-state index contributed by atoms with van der Waals surface area (Å²) >= 11 is 0. The Bertz CT molecular complexity index is 685. The van der Waals surface area contributed by atoms with E-state index >= 15 is 0 Å². The molecule has 1 heterocycles. The minimum Gasteiger partial charge on any atom is -0.494 e. The van der Waals surface area contributed by atoms with Crippen molar-refractivity contribution in [2.45, 2.75) is 13.8 Å². The first-order chi connectivity index (χ1) is 10.5. The van der Waals surface area contributed by atoms with Crippen LogP contribution in [0.25, 0.3) is 10.9 Å². The Morgan fingerprint density at radius 3 is 2.82 bits per heavy atom. The van der Waals surface area contributed by atoms with Gasteiger partial charge in [-0.3, -0.25) is 4.79 Å². The van der Waals surface area contributed by atoms with Crippen LogP contribution in [0.1, 0.15) is 12.6 Å². The number of hydrogen-bond acceptors (Lipinski definition) is 4. The molecule has 5 nitrogen and oxygen atoms in total. The lowest BCUT2D eigenvalue weighted by molar-refractivity contribution is -0.123. The van der Waals surface area contributed by atoms with Gasteiger partial charge in [0.15, 0.2) is 0 Å². The van der Waals surface area contributed by atoms with Gasteiger partial charge in [-0.05, 0) is 19.1 Å². The summed E-state index contributed by atoms with van der Waals surface area (Å²) in [4.78, 5) is 18.4. The van der Waals surface area contributed by atoms with Crippen LogP contribution in [-0.4, -0.2) is 38.6 Å². The molecular formula is C17H23N3O2. The second kappa shape index (κ2) is 6.64. The molecule has 1 aromatic heterocycles. The van der Waals surface area contributed by atoms with Crippen molar-refractivity contribution < 1.29 is 9.53 Å². The number of fused-ring (bicyclic) bond motifs is 1. The maximum Gasteiger partial charge on any atom is 0.224 e. The zero-order valence-electron chi connectivity index (χ0n) is 13.8. The summed E-state index contributed by atoms with van der Waals surface area (Å²) in [5, 5.41) is 3.71. The number of aromatic nitrogens is 1. The van der Waals surface area contributed by atoms with Crippen LogP contribution in [0, 0.1) is 12.8 Å². The fourth-order valence-electron chi connectivity index (χ4n) is 2.65. The number of para-hydroxylation sites is 1. The molecule has 0 radical (unpaired) electrons. The second-order valence-corrected chi connectivity index (χ2v) is 5.54. The van der Waals surface area contributed by atoms with Crippen molar-refractivity contribution in [2.75, 3.05) is 32.6 Å². The van der Waals surface area contributed by atoms with Crippen LogP contribution in [0.3, 0.4) is 0 Å². The standard InChI is InChI=1S/C17H23N3O2/c1-11(17(21)18-3)10-20(4)14-9-12(2)19-16-13(14)7-6-8-15(16)22-5/h6-9,11H,10H2,1-5H3,(H,18,21). The molecule has 0 spiro atoms. The number of pyridine rings is 1. The van der Waals surface area contributed by atoms with Crippen LogP contribution in [0.2, 0.25) is 0 Å². The van der Waals surface area contributed by atoms with Gasteiger partial charge >= 0.3 is 0 Å². The molecule has 0 saturated heterocycles. The third-order valence-corrected chi connectivity index (χ3v) is 3.78. The van der Waals surface area contributed by atoms with E-state index < -0.39 is 0 Å². The van der Waals surface area contributed by atoms with E-state index in [1.165, 1.54) is 0 Å². The molecule has 0 aliphatic carbocycles. The number of anilines is 1. The number of amides is 1. The molecule has 22 heavy (non-hydrogen) atoms. The minimum atomic E-state index is -0.0934. The minimum absolute atomic E-state index is 0.0412. The first-order valence-electron chi connectivity index (χ1n) is 7.35. The van der Waals surface area contributed by atoms with Crippen molar-refractivity contribution in [1.82, 2.24) is 10.3 Å². The molecule has 0 aliphatic heterocycles. The summed E-state index contributed by atoms with van der Waals surface area (Å²) in [6.07, 6.45) is 0. The van der Waals surface area contributed by atoms with E-state index in [0.717, 1.165) is 28.0 Å². The molecule has 1 atom stereocenters. The highest BCUT2D eigenvalue weighted by Crippen LogP contribution is 2.31. The van der Waals surface area contributed by atoms with Gasteiger partial charge in [0.2, 0.25) is 5.91 Å². The van der Waals surface area contributed by atoms with Crippen LogP contribution in [0.4, 0.5) is 5.69 Å². The van der Waals surface area contributed by atoms with Crippen molar-refractivity contribution >= 4 is 22.5 Å². The molecule has 2 aromatic rings. The number of aryl methyl sites for hydroxylation is 1. The normalized spacial score (nSPS) is 12.0. The Labute approximate surface area is 131 Å².